The molecule has 5 aromatic rings. The van der Waals surface area contributed by atoms with E-state index in [1.54, 1.807) is 18.3 Å². The standard InChI is InChI=1S/C24H17ClN4O2/c1-14-5-6-16(12-21(14)25)29-23(30)19-4-2-3-15-11-17(7-8-18(15)19)31-24-20-9-10-26-22(20)27-13-28-24/h2-13H,1H3,(H,29,30)(H,26,27,28). The van der Waals surface area contributed by atoms with Crippen LogP contribution in [0.5, 0.6) is 11.6 Å². The van der Waals surface area contributed by atoms with E-state index in [0.717, 1.165) is 21.7 Å². The average molecular weight is 429 g/mol. The van der Waals surface area contributed by atoms with Crippen molar-refractivity contribution in [3.63, 3.8) is 0 Å². The van der Waals surface area contributed by atoms with Gasteiger partial charge in [0.25, 0.3) is 5.91 Å². The zero-order valence-corrected chi connectivity index (χ0v) is 17.3. The lowest BCUT2D eigenvalue weighted by Gasteiger charge is -2.11. The average Bonchev–Trinajstić information content (AvgIpc) is 3.26. The number of aromatic nitrogens is 3. The molecule has 0 atom stereocenters. The molecule has 0 aliphatic carbocycles. The Morgan fingerprint density at radius 3 is 2.81 bits per heavy atom. The number of carbonyl (C=O) groups excluding carboxylic acids is 1. The minimum atomic E-state index is -0.205. The summed E-state index contributed by atoms with van der Waals surface area (Å²) in [6, 6.07) is 18.5. The molecule has 0 spiro atoms. The third-order valence-corrected chi connectivity index (χ3v) is 5.47. The predicted octanol–water partition coefficient (Wildman–Crippen LogP) is 6.12. The second-order valence-corrected chi connectivity index (χ2v) is 7.53. The van der Waals surface area contributed by atoms with Crippen LogP contribution in [0.4, 0.5) is 5.69 Å². The monoisotopic (exact) mass is 428 g/mol. The molecular formula is C24H17ClN4O2. The van der Waals surface area contributed by atoms with Gasteiger partial charge in [0.2, 0.25) is 5.88 Å². The molecule has 0 saturated carbocycles. The van der Waals surface area contributed by atoms with Crippen molar-refractivity contribution in [2.24, 2.45) is 0 Å². The summed E-state index contributed by atoms with van der Waals surface area (Å²) in [6.07, 6.45) is 3.24. The van der Waals surface area contributed by atoms with Gasteiger partial charge in [0.1, 0.15) is 17.7 Å². The van der Waals surface area contributed by atoms with Crippen LogP contribution in [0.2, 0.25) is 5.02 Å². The first-order valence-electron chi connectivity index (χ1n) is 9.65. The van der Waals surface area contributed by atoms with Gasteiger partial charge in [-0.1, -0.05) is 29.8 Å². The van der Waals surface area contributed by atoms with Crippen LogP contribution >= 0.6 is 11.6 Å². The maximum atomic E-state index is 12.9. The lowest BCUT2D eigenvalue weighted by atomic mass is 10.0. The molecule has 2 heterocycles. The molecule has 0 radical (unpaired) electrons. The van der Waals surface area contributed by atoms with Crippen LogP contribution in [0.15, 0.2) is 73.2 Å². The van der Waals surface area contributed by atoms with E-state index in [1.165, 1.54) is 6.33 Å². The predicted molar refractivity (Wildman–Crippen MR) is 122 cm³/mol. The number of nitrogens with zero attached hydrogens (tertiary/aromatic N) is 2. The fourth-order valence-corrected chi connectivity index (χ4v) is 3.61. The molecule has 5 rings (SSSR count). The lowest BCUT2D eigenvalue weighted by molar-refractivity contribution is 0.102. The minimum absolute atomic E-state index is 0.205. The molecule has 1 amide bonds. The highest BCUT2D eigenvalue weighted by molar-refractivity contribution is 6.31. The molecule has 0 aliphatic heterocycles. The first-order valence-corrected chi connectivity index (χ1v) is 10.0. The second kappa shape index (κ2) is 7.74. The second-order valence-electron chi connectivity index (χ2n) is 7.13. The molecule has 31 heavy (non-hydrogen) atoms. The van der Waals surface area contributed by atoms with Gasteiger partial charge in [0, 0.05) is 22.5 Å². The fourth-order valence-electron chi connectivity index (χ4n) is 3.43. The number of anilines is 1. The molecule has 152 valence electrons. The number of amides is 1. The van der Waals surface area contributed by atoms with Crippen molar-refractivity contribution in [2.75, 3.05) is 5.32 Å². The van der Waals surface area contributed by atoms with Crippen LogP contribution in [-0.2, 0) is 0 Å². The molecule has 0 fully saturated rings. The van der Waals surface area contributed by atoms with Gasteiger partial charge in [-0.15, -0.1) is 0 Å². The number of halogens is 1. The Balaban J connectivity index is 1.45. The van der Waals surface area contributed by atoms with Gasteiger partial charge in [-0.05, 0) is 65.7 Å². The molecule has 2 aromatic heterocycles. The van der Waals surface area contributed by atoms with Crippen LogP contribution in [0.1, 0.15) is 15.9 Å². The highest BCUT2D eigenvalue weighted by Crippen LogP contribution is 2.30. The Hall–Kier alpha value is -3.90. The number of rotatable bonds is 4. The smallest absolute Gasteiger partial charge is 0.256 e. The van der Waals surface area contributed by atoms with Crippen LogP contribution < -0.4 is 10.1 Å². The van der Waals surface area contributed by atoms with E-state index in [2.05, 4.69) is 20.3 Å². The number of nitrogens with one attached hydrogen (secondary N) is 2. The molecule has 2 N–H and O–H groups in total. The van der Waals surface area contributed by atoms with Crippen molar-refractivity contribution < 1.29 is 9.53 Å². The Morgan fingerprint density at radius 2 is 1.94 bits per heavy atom. The normalized spacial score (nSPS) is 11.0. The topological polar surface area (TPSA) is 79.9 Å². The molecule has 0 bridgehead atoms. The number of carbonyl (C=O) groups is 1. The number of benzene rings is 3. The Morgan fingerprint density at radius 1 is 1.03 bits per heavy atom. The van der Waals surface area contributed by atoms with E-state index in [1.807, 2.05) is 55.5 Å². The number of hydrogen-bond donors (Lipinski definition) is 2. The SMILES string of the molecule is Cc1ccc(NC(=O)c2cccc3cc(Oc4ncnc5[nH]ccc45)ccc23)cc1Cl. The Labute approximate surface area is 182 Å². The van der Waals surface area contributed by atoms with Crippen molar-refractivity contribution in [2.45, 2.75) is 6.92 Å². The third-order valence-electron chi connectivity index (χ3n) is 5.06. The van der Waals surface area contributed by atoms with E-state index >= 15 is 0 Å². The van der Waals surface area contributed by atoms with Gasteiger partial charge in [-0.25, -0.2) is 9.97 Å². The van der Waals surface area contributed by atoms with Gasteiger partial charge in [-0.2, -0.15) is 0 Å². The molecule has 0 unspecified atom stereocenters. The summed E-state index contributed by atoms with van der Waals surface area (Å²) in [6.45, 7) is 1.92. The Kier molecular flexibility index (Phi) is 4.76. The van der Waals surface area contributed by atoms with E-state index in [4.69, 9.17) is 16.3 Å². The summed E-state index contributed by atoms with van der Waals surface area (Å²) in [5.41, 5.74) is 2.88. The van der Waals surface area contributed by atoms with Gasteiger partial charge >= 0.3 is 0 Å². The summed E-state index contributed by atoms with van der Waals surface area (Å²) < 4.78 is 5.99. The van der Waals surface area contributed by atoms with Crippen molar-refractivity contribution >= 4 is 45.0 Å². The van der Waals surface area contributed by atoms with Crippen molar-refractivity contribution in [1.82, 2.24) is 15.0 Å². The summed E-state index contributed by atoms with van der Waals surface area (Å²) >= 11 is 6.18. The summed E-state index contributed by atoms with van der Waals surface area (Å²) in [7, 11) is 0. The fraction of sp³-hybridized carbons (Fsp3) is 0.0417. The van der Waals surface area contributed by atoms with Gasteiger partial charge in [0.05, 0.1) is 5.39 Å². The number of aryl methyl sites for hydroxylation is 1. The first-order chi connectivity index (χ1) is 15.1. The van der Waals surface area contributed by atoms with E-state index in [0.29, 0.717) is 33.6 Å². The van der Waals surface area contributed by atoms with Crippen molar-refractivity contribution in [3.8, 4) is 11.6 Å². The highest BCUT2D eigenvalue weighted by atomic mass is 35.5. The molecule has 0 saturated heterocycles. The van der Waals surface area contributed by atoms with E-state index in [-0.39, 0.29) is 5.91 Å². The van der Waals surface area contributed by atoms with Gasteiger partial charge in [-0.3, -0.25) is 4.79 Å². The molecule has 7 heteroatoms. The van der Waals surface area contributed by atoms with E-state index in [9.17, 15) is 4.79 Å². The zero-order valence-electron chi connectivity index (χ0n) is 16.5. The molecular weight excluding hydrogens is 412 g/mol. The highest BCUT2D eigenvalue weighted by Gasteiger charge is 2.13. The van der Waals surface area contributed by atoms with Gasteiger partial charge in [0.15, 0.2) is 0 Å². The van der Waals surface area contributed by atoms with Crippen LogP contribution in [0, 0.1) is 6.92 Å². The zero-order chi connectivity index (χ0) is 21.4. The number of fused-ring (bicyclic) bond motifs is 2. The number of H-pyrrole nitrogens is 1. The lowest BCUT2D eigenvalue weighted by Crippen LogP contribution is -2.12. The third kappa shape index (κ3) is 3.69. The quantitative estimate of drug-likeness (QED) is 0.361. The number of ether oxygens (including phenoxy) is 1. The van der Waals surface area contributed by atoms with Crippen molar-refractivity contribution in [3.05, 3.63) is 89.3 Å². The summed E-state index contributed by atoms with van der Waals surface area (Å²) in [5.74, 6) is 0.886. The molecule has 6 nitrogen and oxygen atoms in total. The molecule has 3 aromatic carbocycles. The summed E-state index contributed by atoms with van der Waals surface area (Å²) in [4.78, 5) is 24.4. The van der Waals surface area contributed by atoms with Crippen LogP contribution in [0.25, 0.3) is 21.8 Å². The Bertz CT molecular complexity index is 1440. The van der Waals surface area contributed by atoms with Crippen molar-refractivity contribution in [1.29, 1.82) is 0 Å². The summed E-state index contributed by atoms with van der Waals surface area (Å²) in [5, 5.41) is 6.02. The van der Waals surface area contributed by atoms with Crippen LogP contribution in [0.3, 0.4) is 0 Å². The number of hydrogen-bond acceptors (Lipinski definition) is 4. The largest absolute Gasteiger partial charge is 0.438 e. The van der Waals surface area contributed by atoms with Crippen LogP contribution in [-0.4, -0.2) is 20.9 Å². The van der Waals surface area contributed by atoms with E-state index < -0.39 is 0 Å². The number of aromatic amines is 1. The first kappa shape index (κ1) is 19.1. The maximum absolute atomic E-state index is 12.9. The van der Waals surface area contributed by atoms with Gasteiger partial charge < -0.3 is 15.0 Å². The maximum Gasteiger partial charge on any atom is 0.256 e. The molecule has 0 aliphatic rings. The minimum Gasteiger partial charge on any atom is -0.438 e.